The van der Waals surface area contributed by atoms with Crippen molar-refractivity contribution in [2.24, 2.45) is 0 Å². The molecule has 2 aromatic heterocycles. The number of aromatic nitrogens is 3. The summed E-state index contributed by atoms with van der Waals surface area (Å²) in [5.74, 6) is -4.54. The molecule has 2 aromatic carbocycles. The van der Waals surface area contributed by atoms with E-state index in [-0.39, 0.29) is 29.1 Å². The molecule has 2 heterocycles. The molecular formula is C27H21F4N5O5. The standard InChI is InChI=1S/C27H21F4N5O5/c1-12-14-5-6-19(16(14)4-3-15(12)26(40)41)35-25(39)21-9-20(34-23-18(28)11-33-36(21)23)24(38)32-10-13-2-7-22(37)17(8-13)27(29,30)31/h2-4,7-9,11,19,37H,5-6,10H2,1H3,(H,32,38)(H,35,39)(H,40,41)/t19-/m0/s1. The number of phenols is 1. The summed E-state index contributed by atoms with van der Waals surface area (Å²) in [6.45, 7) is 1.31. The van der Waals surface area contributed by atoms with Crippen LogP contribution < -0.4 is 10.6 Å². The van der Waals surface area contributed by atoms with E-state index >= 15 is 0 Å². The van der Waals surface area contributed by atoms with Crippen LogP contribution in [0.25, 0.3) is 5.65 Å². The average Bonchev–Trinajstić information content (AvgIpc) is 3.50. The predicted octanol–water partition coefficient (Wildman–Crippen LogP) is 3.95. The molecule has 212 valence electrons. The number of carboxylic acid groups (broad SMARTS) is 1. The number of phenolic OH excluding ortho intramolecular Hbond substituents is 1. The molecule has 0 aliphatic heterocycles. The van der Waals surface area contributed by atoms with Gasteiger partial charge in [0.25, 0.3) is 11.8 Å². The summed E-state index contributed by atoms with van der Waals surface area (Å²) in [6, 6.07) is 6.41. The van der Waals surface area contributed by atoms with Crippen molar-refractivity contribution in [1.29, 1.82) is 0 Å². The number of nitrogens with one attached hydrogen (secondary N) is 2. The van der Waals surface area contributed by atoms with Gasteiger partial charge in [0, 0.05) is 12.6 Å². The predicted molar refractivity (Wildman–Crippen MR) is 134 cm³/mol. The summed E-state index contributed by atoms with van der Waals surface area (Å²) < 4.78 is 54.7. The molecule has 0 spiro atoms. The van der Waals surface area contributed by atoms with Crippen molar-refractivity contribution >= 4 is 23.4 Å². The second kappa shape index (κ2) is 10.2. The Kier molecular flexibility index (Phi) is 6.85. The Balaban J connectivity index is 1.39. The molecule has 0 radical (unpaired) electrons. The van der Waals surface area contributed by atoms with Crippen molar-refractivity contribution in [2.75, 3.05) is 0 Å². The minimum atomic E-state index is -4.81. The highest BCUT2D eigenvalue weighted by Gasteiger charge is 2.34. The van der Waals surface area contributed by atoms with Gasteiger partial charge in [0.2, 0.25) is 0 Å². The van der Waals surface area contributed by atoms with E-state index in [0.717, 1.165) is 34.0 Å². The highest BCUT2D eigenvalue weighted by Crippen LogP contribution is 2.36. The summed E-state index contributed by atoms with van der Waals surface area (Å²) in [5.41, 5.74) is 0.0437. The molecule has 0 bridgehead atoms. The van der Waals surface area contributed by atoms with E-state index in [1.807, 2.05) is 0 Å². The van der Waals surface area contributed by atoms with Crippen LogP contribution in [0, 0.1) is 12.7 Å². The first kappa shape index (κ1) is 27.6. The van der Waals surface area contributed by atoms with Crippen molar-refractivity contribution in [3.63, 3.8) is 0 Å². The topological polar surface area (TPSA) is 146 Å². The first-order chi connectivity index (χ1) is 19.3. The summed E-state index contributed by atoms with van der Waals surface area (Å²) >= 11 is 0. The van der Waals surface area contributed by atoms with Crippen LogP contribution in [-0.4, -0.2) is 42.6 Å². The van der Waals surface area contributed by atoms with Crippen molar-refractivity contribution in [1.82, 2.24) is 25.2 Å². The number of alkyl halides is 3. The molecule has 0 fully saturated rings. The fourth-order valence-corrected chi connectivity index (χ4v) is 4.90. The fourth-order valence-electron chi connectivity index (χ4n) is 4.90. The van der Waals surface area contributed by atoms with Crippen molar-refractivity contribution in [3.05, 3.63) is 93.2 Å². The third-order valence-electron chi connectivity index (χ3n) is 6.94. The first-order valence-corrected chi connectivity index (χ1v) is 12.2. The van der Waals surface area contributed by atoms with Crippen LogP contribution in [0.5, 0.6) is 5.75 Å². The van der Waals surface area contributed by atoms with Crippen LogP contribution in [0.2, 0.25) is 0 Å². The van der Waals surface area contributed by atoms with Crippen molar-refractivity contribution in [3.8, 4) is 5.75 Å². The molecule has 4 aromatic rings. The van der Waals surface area contributed by atoms with Gasteiger partial charge in [-0.1, -0.05) is 12.1 Å². The fraction of sp³-hybridized carbons (Fsp3) is 0.222. The largest absolute Gasteiger partial charge is 0.507 e. The van der Waals surface area contributed by atoms with Crippen LogP contribution in [0.4, 0.5) is 17.6 Å². The van der Waals surface area contributed by atoms with Crippen molar-refractivity contribution < 1.29 is 42.2 Å². The number of fused-ring (bicyclic) bond motifs is 2. The third kappa shape index (κ3) is 5.15. The molecule has 2 amide bonds. The Bertz CT molecular complexity index is 1730. The summed E-state index contributed by atoms with van der Waals surface area (Å²) in [6.07, 6.45) is -2.99. The Hall–Kier alpha value is -5.01. The second-order valence-corrected chi connectivity index (χ2v) is 9.46. The quantitative estimate of drug-likeness (QED) is 0.257. The monoisotopic (exact) mass is 571 g/mol. The van der Waals surface area contributed by atoms with Crippen LogP contribution in [0.15, 0.2) is 42.6 Å². The van der Waals surface area contributed by atoms with Gasteiger partial charge in [-0.05, 0) is 60.2 Å². The highest BCUT2D eigenvalue weighted by atomic mass is 19.4. The first-order valence-electron chi connectivity index (χ1n) is 12.2. The smallest absolute Gasteiger partial charge is 0.419 e. The van der Waals surface area contributed by atoms with Crippen LogP contribution in [-0.2, 0) is 19.1 Å². The number of amides is 2. The maximum Gasteiger partial charge on any atom is 0.419 e. The van der Waals surface area contributed by atoms with Gasteiger partial charge in [0.05, 0.1) is 23.4 Å². The van der Waals surface area contributed by atoms with Gasteiger partial charge in [-0.25, -0.2) is 18.7 Å². The zero-order valence-corrected chi connectivity index (χ0v) is 21.2. The maximum atomic E-state index is 14.4. The van der Waals surface area contributed by atoms with E-state index in [9.17, 15) is 42.2 Å². The lowest BCUT2D eigenvalue weighted by Gasteiger charge is -2.16. The lowest BCUT2D eigenvalue weighted by molar-refractivity contribution is -0.138. The van der Waals surface area contributed by atoms with Crippen LogP contribution >= 0.6 is 0 Å². The normalized spacial score (nSPS) is 14.6. The third-order valence-corrected chi connectivity index (χ3v) is 6.94. The molecule has 0 saturated heterocycles. The minimum absolute atomic E-state index is 0.0271. The summed E-state index contributed by atoms with van der Waals surface area (Å²) in [7, 11) is 0. The molecule has 0 saturated carbocycles. The Morgan fingerprint density at radius 1 is 1.12 bits per heavy atom. The maximum absolute atomic E-state index is 14.4. The number of halogens is 4. The number of carbonyl (C=O) groups is 3. The summed E-state index contributed by atoms with van der Waals surface area (Å²) in [4.78, 5) is 41.6. The summed E-state index contributed by atoms with van der Waals surface area (Å²) in [5, 5.41) is 27.9. The number of hydrogen-bond acceptors (Lipinski definition) is 6. The molecule has 4 N–H and O–H groups in total. The molecule has 1 atom stereocenters. The van der Waals surface area contributed by atoms with E-state index < -0.39 is 52.8 Å². The molecule has 14 heteroatoms. The zero-order chi connectivity index (χ0) is 29.6. The van der Waals surface area contributed by atoms with E-state index in [1.165, 1.54) is 12.1 Å². The number of carboxylic acids is 1. The van der Waals surface area contributed by atoms with Gasteiger partial charge in [-0.3, -0.25) is 9.59 Å². The SMILES string of the molecule is Cc1c(C(=O)O)ccc2c1CC[C@@H]2NC(=O)c1cc(C(=O)NCc2ccc(O)c(C(F)(F)F)c2)nc2c(F)cnn12. The molecular weight excluding hydrogens is 550 g/mol. The van der Waals surface area contributed by atoms with E-state index in [2.05, 4.69) is 20.7 Å². The van der Waals surface area contributed by atoms with Gasteiger partial charge in [0.15, 0.2) is 11.5 Å². The number of aromatic carboxylic acids is 1. The van der Waals surface area contributed by atoms with E-state index in [0.29, 0.717) is 24.5 Å². The lowest BCUT2D eigenvalue weighted by atomic mass is 9.98. The van der Waals surface area contributed by atoms with Gasteiger partial charge in [0.1, 0.15) is 17.1 Å². The van der Waals surface area contributed by atoms with Gasteiger partial charge >= 0.3 is 12.1 Å². The zero-order valence-electron chi connectivity index (χ0n) is 21.2. The number of aromatic hydroxyl groups is 1. The number of carbonyl (C=O) groups excluding carboxylic acids is 2. The van der Waals surface area contributed by atoms with E-state index in [4.69, 9.17) is 0 Å². The Morgan fingerprint density at radius 2 is 1.88 bits per heavy atom. The van der Waals surface area contributed by atoms with Crippen molar-refractivity contribution in [2.45, 2.75) is 38.5 Å². The van der Waals surface area contributed by atoms with Crippen LogP contribution in [0.3, 0.4) is 0 Å². The molecule has 5 rings (SSSR count). The molecule has 41 heavy (non-hydrogen) atoms. The Labute approximate surface area is 228 Å². The number of hydrogen-bond donors (Lipinski definition) is 4. The van der Waals surface area contributed by atoms with E-state index in [1.54, 1.807) is 13.0 Å². The molecule has 10 nitrogen and oxygen atoms in total. The molecule has 1 aliphatic rings. The highest BCUT2D eigenvalue weighted by molar-refractivity contribution is 5.98. The van der Waals surface area contributed by atoms with Gasteiger partial charge in [-0.15, -0.1) is 0 Å². The Morgan fingerprint density at radius 3 is 2.59 bits per heavy atom. The number of benzene rings is 2. The molecule has 1 aliphatic carbocycles. The van der Waals surface area contributed by atoms with Gasteiger partial charge in [-0.2, -0.15) is 18.3 Å². The number of rotatable bonds is 6. The molecule has 0 unspecified atom stereocenters. The minimum Gasteiger partial charge on any atom is -0.507 e. The second-order valence-electron chi connectivity index (χ2n) is 9.46. The average molecular weight is 571 g/mol. The van der Waals surface area contributed by atoms with Gasteiger partial charge < -0.3 is 20.8 Å². The van der Waals surface area contributed by atoms with Crippen LogP contribution in [0.1, 0.15) is 71.6 Å². The number of nitrogens with zero attached hydrogens (tertiary/aromatic N) is 3. The lowest BCUT2D eigenvalue weighted by Crippen LogP contribution is -2.30.